The molecule has 0 saturated carbocycles. The van der Waals surface area contributed by atoms with Gasteiger partial charge in [-0.3, -0.25) is 9.42 Å². The van der Waals surface area contributed by atoms with Crippen LogP contribution in [0.2, 0.25) is 0 Å². The summed E-state index contributed by atoms with van der Waals surface area (Å²) >= 11 is 0. The summed E-state index contributed by atoms with van der Waals surface area (Å²) in [5.74, 6) is -0.145. The lowest BCUT2D eigenvalue weighted by Crippen LogP contribution is -2.26. The van der Waals surface area contributed by atoms with E-state index in [1.165, 1.54) is 5.56 Å². The molecular weight excluding hydrogens is 296 g/mol. The average Bonchev–Trinajstić information content (AvgIpc) is 2.84. The first-order chi connectivity index (χ1) is 10.9. The van der Waals surface area contributed by atoms with Gasteiger partial charge in [-0.15, -0.1) is 0 Å². The molecule has 1 atom stereocenters. The maximum atomic E-state index is 12.1. The van der Waals surface area contributed by atoms with Crippen LogP contribution < -0.4 is 4.90 Å². The molecule has 0 saturated heterocycles. The van der Waals surface area contributed by atoms with E-state index >= 15 is 0 Å². The monoisotopic (exact) mass is 318 g/mol. The van der Waals surface area contributed by atoms with Gasteiger partial charge in [-0.25, -0.2) is 0 Å². The van der Waals surface area contributed by atoms with Gasteiger partial charge in [-0.1, -0.05) is 38.1 Å². The van der Waals surface area contributed by atoms with E-state index in [2.05, 4.69) is 23.6 Å². The molecule has 1 unspecified atom stereocenters. The number of hydrogen-bond acceptors (Lipinski definition) is 5. The molecule has 23 heavy (non-hydrogen) atoms. The lowest BCUT2D eigenvalue weighted by atomic mass is 9.97. The van der Waals surface area contributed by atoms with Gasteiger partial charge in [-0.2, -0.15) is 0 Å². The summed E-state index contributed by atoms with van der Waals surface area (Å²) < 4.78 is 9.66. The molecule has 124 valence electrons. The lowest BCUT2D eigenvalue weighted by molar-refractivity contribution is -0.806. The van der Waals surface area contributed by atoms with Gasteiger partial charge in [-0.05, 0) is 35.3 Å². The van der Waals surface area contributed by atoms with Crippen LogP contribution >= 0.6 is 0 Å². The number of carbonyl (C=O) groups excluding carboxylic acids is 1. The van der Waals surface area contributed by atoms with Crippen molar-refractivity contribution in [3.63, 3.8) is 0 Å². The summed E-state index contributed by atoms with van der Waals surface area (Å²) in [6.07, 6.45) is 1.01. The summed E-state index contributed by atoms with van der Waals surface area (Å²) in [5.41, 5.74) is 2.78. The first-order valence-electron chi connectivity index (χ1n) is 7.69. The van der Waals surface area contributed by atoms with Crippen LogP contribution in [0.25, 0.3) is 0 Å². The Labute approximate surface area is 135 Å². The van der Waals surface area contributed by atoms with Crippen LogP contribution in [0.5, 0.6) is 0 Å². The van der Waals surface area contributed by atoms with Gasteiger partial charge in [0.1, 0.15) is 0 Å². The second kappa shape index (κ2) is 7.26. The van der Waals surface area contributed by atoms with E-state index in [-0.39, 0.29) is 18.5 Å². The Hall–Kier alpha value is -2.37. The molecule has 6 nitrogen and oxygen atoms in total. The lowest BCUT2D eigenvalue weighted by Gasteiger charge is -2.12. The third kappa shape index (κ3) is 4.31. The Morgan fingerprint density at radius 2 is 1.96 bits per heavy atom. The van der Waals surface area contributed by atoms with Gasteiger partial charge in [0.25, 0.3) is 5.69 Å². The minimum atomic E-state index is -0.380. The Balaban J connectivity index is 1.95. The number of benzene rings is 1. The van der Waals surface area contributed by atoms with E-state index in [4.69, 9.17) is 4.74 Å². The predicted octanol–water partition coefficient (Wildman–Crippen LogP) is 2.66. The second-order valence-corrected chi connectivity index (χ2v) is 6.13. The first kappa shape index (κ1) is 17.0. The highest BCUT2D eigenvalue weighted by Gasteiger charge is 2.20. The number of aromatic nitrogens is 2. The largest absolute Gasteiger partial charge is 0.456 e. The fourth-order valence-electron chi connectivity index (χ4n) is 2.26. The fourth-order valence-corrected chi connectivity index (χ4v) is 2.26. The van der Waals surface area contributed by atoms with Crippen molar-refractivity contribution in [2.24, 2.45) is 5.92 Å². The van der Waals surface area contributed by atoms with Crippen molar-refractivity contribution in [3.8, 4) is 0 Å². The van der Waals surface area contributed by atoms with E-state index < -0.39 is 0 Å². The zero-order valence-corrected chi connectivity index (χ0v) is 13.9. The topological polar surface area (TPSA) is 79.3 Å². The van der Waals surface area contributed by atoms with Gasteiger partial charge >= 0.3 is 5.97 Å². The van der Waals surface area contributed by atoms with Crippen molar-refractivity contribution >= 4 is 5.97 Å². The minimum absolute atomic E-state index is 0.0703. The molecule has 1 aromatic heterocycles. The van der Waals surface area contributed by atoms with Crippen LogP contribution in [-0.4, -0.2) is 11.1 Å². The van der Waals surface area contributed by atoms with Crippen LogP contribution in [-0.2, 0) is 22.6 Å². The van der Waals surface area contributed by atoms with Gasteiger partial charge in [0, 0.05) is 12.1 Å². The fraction of sp³-hybridized carbons (Fsp3) is 0.471. The van der Waals surface area contributed by atoms with Crippen molar-refractivity contribution < 1.29 is 19.1 Å². The van der Waals surface area contributed by atoms with E-state index in [9.17, 15) is 10.0 Å². The van der Waals surface area contributed by atoms with E-state index in [0.717, 1.165) is 12.0 Å². The Kier molecular flexibility index (Phi) is 5.36. The van der Waals surface area contributed by atoms with E-state index in [1.54, 1.807) is 13.8 Å². The van der Waals surface area contributed by atoms with Crippen molar-refractivity contribution in [1.29, 1.82) is 0 Å². The van der Waals surface area contributed by atoms with Crippen molar-refractivity contribution in [1.82, 2.24) is 5.16 Å². The molecule has 0 radical (unpaired) electrons. The molecule has 0 amide bonds. The average molecular weight is 318 g/mol. The molecule has 1 heterocycles. The summed E-state index contributed by atoms with van der Waals surface area (Å²) in [7, 11) is 0. The molecule has 0 fully saturated rings. The van der Waals surface area contributed by atoms with Crippen molar-refractivity contribution in [2.75, 3.05) is 0 Å². The molecule has 0 spiro atoms. The maximum absolute atomic E-state index is 12.1. The number of rotatable bonds is 6. The highest BCUT2D eigenvalue weighted by molar-refractivity contribution is 5.77. The molecule has 2 aromatic rings. The zero-order chi connectivity index (χ0) is 17.0. The van der Waals surface area contributed by atoms with Crippen molar-refractivity contribution in [3.05, 3.63) is 52.0 Å². The van der Waals surface area contributed by atoms with Crippen LogP contribution in [0.1, 0.15) is 49.2 Å². The maximum Gasteiger partial charge on any atom is 0.313 e. The van der Waals surface area contributed by atoms with Gasteiger partial charge in [0.05, 0.1) is 5.92 Å². The first-order valence-corrected chi connectivity index (χ1v) is 7.69. The molecule has 0 N–H and O–H groups in total. The minimum Gasteiger partial charge on any atom is -0.456 e. The van der Waals surface area contributed by atoms with Gasteiger partial charge in [0.15, 0.2) is 12.3 Å². The Morgan fingerprint density at radius 3 is 2.48 bits per heavy atom. The number of esters is 1. The third-order valence-electron chi connectivity index (χ3n) is 3.75. The quantitative estimate of drug-likeness (QED) is 0.604. The van der Waals surface area contributed by atoms with Crippen LogP contribution in [0, 0.1) is 18.0 Å². The highest BCUT2D eigenvalue weighted by atomic mass is 16.8. The summed E-state index contributed by atoms with van der Waals surface area (Å²) in [6.45, 7) is 7.63. The Morgan fingerprint density at radius 1 is 1.30 bits per heavy atom. The second-order valence-electron chi connectivity index (χ2n) is 6.13. The molecule has 2 rings (SSSR count). The SMILES string of the molecule is Cc1c(COC(=O)C(C)c2ccc(CC(C)C)cc2)no[n+]1[O-]. The smallest absolute Gasteiger partial charge is 0.313 e. The molecule has 0 aliphatic heterocycles. The van der Waals surface area contributed by atoms with Gasteiger partial charge in [0.2, 0.25) is 0 Å². The van der Waals surface area contributed by atoms with Crippen LogP contribution in [0.3, 0.4) is 0 Å². The van der Waals surface area contributed by atoms with Crippen LogP contribution in [0.4, 0.5) is 0 Å². The molecule has 1 aromatic carbocycles. The molecule has 6 heteroatoms. The standard InChI is InChI=1S/C17H22N2O4/c1-11(2)9-14-5-7-15(8-6-14)12(3)17(20)22-10-16-13(4)19(21)23-18-16/h5-8,11-12H,9-10H2,1-4H3. The number of nitrogens with zero attached hydrogens (tertiary/aromatic N) is 2. The number of carbonyl (C=O) groups is 1. The molecular formula is C17H22N2O4. The third-order valence-corrected chi connectivity index (χ3v) is 3.75. The highest BCUT2D eigenvalue weighted by Crippen LogP contribution is 2.19. The molecule has 0 bridgehead atoms. The van der Waals surface area contributed by atoms with Crippen LogP contribution in [0.15, 0.2) is 28.9 Å². The summed E-state index contributed by atoms with van der Waals surface area (Å²) in [4.78, 5) is 12.4. The summed E-state index contributed by atoms with van der Waals surface area (Å²) in [6, 6.07) is 8.00. The van der Waals surface area contributed by atoms with E-state index in [0.29, 0.717) is 22.2 Å². The molecule has 0 aliphatic carbocycles. The van der Waals surface area contributed by atoms with E-state index in [1.807, 2.05) is 24.3 Å². The number of hydrogen-bond donors (Lipinski definition) is 0. The van der Waals surface area contributed by atoms with Gasteiger partial charge < -0.3 is 9.94 Å². The normalized spacial score (nSPS) is 12.4. The molecule has 0 aliphatic rings. The predicted molar refractivity (Wildman–Crippen MR) is 83.4 cm³/mol. The van der Waals surface area contributed by atoms with Crippen molar-refractivity contribution in [2.45, 2.75) is 46.6 Å². The number of ether oxygens (including phenoxy) is 1. The Bertz CT molecular complexity index is 662. The summed E-state index contributed by atoms with van der Waals surface area (Å²) in [5, 5.41) is 14.7. The zero-order valence-electron chi connectivity index (χ0n) is 13.9.